The van der Waals surface area contributed by atoms with E-state index in [1.165, 1.54) is 6.07 Å². The maximum Gasteiger partial charge on any atom is 0.255 e. The molecule has 110 valence electrons. The van der Waals surface area contributed by atoms with Crippen LogP contribution in [0.2, 0.25) is 5.02 Å². The standard InChI is InChI=1S/C15H13BrClFN2O/c1-7-3-10(16)14(6-11(7)17)20-15(21)9-4-12(18)8(2)13(19)5-9/h3-6H,19H2,1-2H3,(H,20,21). The Balaban J connectivity index is 2.32. The number of halogens is 3. The van der Waals surface area contributed by atoms with E-state index in [0.717, 1.165) is 11.6 Å². The lowest BCUT2D eigenvalue weighted by Gasteiger charge is -2.11. The second kappa shape index (κ2) is 6.03. The molecule has 0 aromatic heterocycles. The van der Waals surface area contributed by atoms with Gasteiger partial charge in [-0.3, -0.25) is 4.79 Å². The van der Waals surface area contributed by atoms with E-state index in [4.69, 9.17) is 17.3 Å². The maximum atomic E-state index is 13.6. The predicted molar refractivity (Wildman–Crippen MR) is 87.4 cm³/mol. The van der Waals surface area contributed by atoms with Crippen molar-refractivity contribution in [2.75, 3.05) is 11.1 Å². The Hall–Kier alpha value is -1.59. The van der Waals surface area contributed by atoms with Crippen LogP contribution in [-0.4, -0.2) is 5.91 Å². The highest BCUT2D eigenvalue weighted by Gasteiger charge is 2.13. The SMILES string of the molecule is Cc1cc(Br)c(NC(=O)c2cc(N)c(C)c(F)c2)cc1Cl. The van der Waals surface area contributed by atoms with Crippen molar-refractivity contribution in [3.8, 4) is 0 Å². The number of aryl methyl sites for hydroxylation is 1. The van der Waals surface area contributed by atoms with Crippen molar-refractivity contribution in [2.24, 2.45) is 0 Å². The first-order chi connectivity index (χ1) is 9.79. The number of hydrogen-bond donors (Lipinski definition) is 2. The van der Waals surface area contributed by atoms with Gasteiger partial charge in [0.1, 0.15) is 5.82 Å². The number of carbonyl (C=O) groups is 1. The number of nitrogens with one attached hydrogen (secondary N) is 1. The average Bonchev–Trinajstić information content (AvgIpc) is 2.41. The lowest BCUT2D eigenvalue weighted by Crippen LogP contribution is -2.13. The number of benzene rings is 2. The van der Waals surface area contributed by atoms with Crippen LogP contribution in [0, 0.1) is 19.7 Å². The van der Waals surface area contributed by atoms with E-state index in [1.54, 1.807) is 19.1 Å². The minimum atomic E-state index is -0.513. The van der Waals surface area contributed by atoms with Gasteiger partial charge in [-0.2, -0.15) is 0 Å². The predicted octanol–water partition coefficient (Wildman–Crippen LogP) is 4.69. The van der Waals surface area contributed by atoms with E-state index in [9.17, 15) is 9.18 Å². The van der Waals surface area contributed by atoms with Gasteiger partial charge >= 0.3 is 0 Å². The molecule has 0 aliphatic heterocycles. The maximum absolute atomic E-state index is 13.6. The monoisotopic (exact) mass is 370 g/mol. The fourth-order valence-corrected chi connectivity index (χ4v) is 2.49. The average molecular weight is 372 g/mol. The summed E-state index contributed by atoms with van der Waals surface area (Å²) < 4.78 is 14.3. The summed E-state index contributed by atoms with van der Waals surface area (Å²) in [5, 5.41) is 3.21. The van der Waals surface area contributed by atoms with Gasteiger partial charge in [-0.05, 0) is 59.6 Å². The summed E-state index contributed by atoms with van der Waals surface area (Å²) in [4.78, 5) is 12.2. The van der Waals surface area contributed by atoms with Crippen LogP contribution in [0.5, 0.6) is 0 Å². The topological polar surface area (TPSA) is 55.1 Å². The van der Waals surface area contributed by atoms with Crippen molar-refractivity contribution in [2.45, 2.75) is 13.8 Å². The van der Waals surface area contributed by atoms with Crippen molar-refractivity contribution < 1.29 is 9.18 Å². The van der Waals surface area contributed by atoms with Gasteiger partial charge < -0.3 is 11.1 Å². The molecular weight excluding hydrogens is 359 g/mol. The Labute approximate surface area is 135 Å². The van der Waals surface area contributed by atoms with Crippen LogP contribution in [0.15, 0.2) is 28.7 Å². The summed E-state index contributed by atoms with van der Waals surface area (Å²) in [5.74, 6) is -0.970. The molecule has 3 nitrogen and oxygen atoms in total. The van der Waals surface area contributed by atoms with Crippen LogP contribution in [0.3, 0.4) is 0 Å². The first-order valence-electron chi connectivity index (χ1n) is 6.12. The van der Waals surface area contributed by atoms with Crippen LogP contribution in [0.1, 0.15) is 21.5 Å². The molecule has 0 bridgehead atoms. The van der Waals surface area contributed by atoms with Gasteiger partial charge in [-0.1, -0.05) is 11.6 Å². The van der Waals surface area contributed by atoms with E-state index in [2.05, 4.69) is 21.2 Å². The van der Waals surface area contributed by atoms with E-state index in [1.807, 2.05) is 6.92 Å². The van der Waals surface area contributed by atoms with Gasteiger partial charge in [-0.15, -0.1) is 0 Å². The minimum absolute atomic E-state index is 0.152. The van der Waals surface area contributed by atoms with Crippen molar-refractivity contribution in [1.29, 1.82) is 0 Å². The van der Waals surface area contributed by atoms with Crippen LogP contribution < -0.4 is 11.1 Å². The van der Waals surface area contributed by atoms with Crippen molar-refractivity contribution >= 4 is 44.8 Å². The molecule has 0 atom stereocenters. The van der Waals surface area contributed by atoms with Crippen molar-refractivity contribution in [3.05, 3.63) is 56.3 Å². The molecular formula is C15H13BrClFN2O. The third-order valence-electron chi connectivity index (χ3n) is 3.14. The first kappa shape index (κ1) is 15.8. The highest BCUT2D eigenvalue weighted by Crippen LogP contribution is 2.29. The quantitative estimate of drug-likeness (QED) is 0.752. The van der Waals surface area contributed by atoms with E-state index in [-0.39, 0.29) is 11.3 Å². The number of carbonyl (C=O) groups excluding carboxylic acids is 1. The van der Waals surface area contributed by atoms with Gasteiger partial charge in [0.2, 0.25) is 0 Å². The highest BCUT2D eigenvalue weighted by atomic mass is 79.9. The van der Waals surface area contributed by atoms with E-state index in [0.29, 0.717) is 20.7 Å². The molecule has 2 rings (SSSR count). The van der Waals surface area contributed by atoms with Gasteiger partial charge in [0.15, 0.2) is 0 Å². The van der Waals surface area contributed by atoms with Crippen molar-refractivity contribution in [1.82, 2.24) is 0 Å². The number of amides is 1. The first-order valence-corrected chi connectivity index (χ1v) is 7.29. The van der Waals surface area contributed by atoms with E-state index < -0.39 is 11.7 Å². The number of rotatable bonds is 2. The zero-order chi connectivity index (χ0) is 15.7. The van der Waals surface area contributed by atoms with Gasteiger partial charge in [-0.25, -0.2) is 4.39 Å². The van der Waals surface area contributed by atoms with Gasteiger partial charge in [0.05, 0.1) is 5.69 Å². The third-order valence-corrected chi connectivity index (χ3v) is 4.21. The van der Waals surface area contributed by atoms with E-state index >= 15 is 0 Å². The Bertz CT molecular complexity index is 711. The lowest BCUT2D eigenvalue weighted by atomic mass is 10.1. The zero-order valence-electron chi connectivity index (χ0n) is 11.4. The normalized spacial score (nSPS) is 10.5. The molecule has 6 heteroatoms. The fraction of sp³-hybridized carbons (Fsp3) is 0.133. The molecule has 3 N–H and O–H groups in total. The number of nitrogens with two attached hydrogens (primary N) is 1. The second-order valence-electron chi connectivity index (χ2n) is 4.71. The molecule has 0 unspecified atom stereocenters. The molecule has 0 saturated heterocycles. The van der Waals surface area contributed by atoms with Gasteiger partial charge in [0.25, 0.3) is 5.91 Å². The minimum Gasteiger partial charge on any atom is -0.398 e. The number of anilines is 2. The molecule has 0 spiro atoms. The van der Waals surface area contributed by atoms with Crippen LogP contribution in [-0.2, 0) is 0 Å². The molecule has 2 aromatic carbocycles. The molecule has 0 saturated carbocycles. The molecule has 0 radical (unpaired) electrons. The molecule has 2 aromatic rings. The fourth-order valence-electron chi connectivity index (χ4n) is 1.77. The summed E-state index contributed by atoms with van der Waals surface area (Å²) in [6.07, 6.45) is 0. The molecule has 0 fully saturated rings. The van der Waals surface area contributed by atoms with Gasteiger partial charge in [0, 0.05) is 26.3 Å². The smallest absolute Gasteiger partial charge is 0.255 e. The van der Waals surface area contributed by atoms with Crippen LogP contribution in [0.25, 0.3) is 0 Å². The molecule has 0 aliphatic carbocycles. The molecule has 1 amide bonds. The van der Waals surface area contributed by atoms with Crippen LogP contribution in [0.4, 0.5) is 15.8 Å². The summed E-state index contributed by atoms with van der Waals surface area (Å²) in [6.45, 7) is 3.41. The summed E-state index contributed by atoms with van der Waals surface area (Å²) in [6, 6.07) is 6.02. The second-order valence-corrected chi connectivity index (χ2v) is 5.97. The molecule has 0 aliphatic rings. The third kappa shape index (κ3) is 3.36. The Morgan fingerprint density at radius 3 is 2.57 bits per heavy atom. The van der Waals surface area contributed by atoms with Crippen LogP contribution >= 0.6 is 27.5 Å². The highest BCUT2D eigenvalue weighted by molar-refractivity contribution is 9.10. The summed E-state index contributed by atoms with van der Waals surface area (Å²) in [5.41, 5.74) is 7.78. The Morgan fingerprint density at radius 2 is 1.95 bits per heavy atom. The number of hydrogen-bond acceptors (Lipinski definition) is 2. The Morgan fingerprint density at radius 1 is 1.29 bits per heavy atom. The zero-order valence-corrected chi connectivity index (χ0v) is 13.8. The summed E-state index contributed by atoms with van der Waals surface area (Å²) in [7, 11) is 0. The largest absolute Gasteiger partial charge is 0.398 e. The van der Waals surface area contributed by atoms with Crippen molar-refractivity contribution in [3.63, 3.8) is 0 Å². The summed E-state index contributed by atoms with van der Waals surface area (Å²) >= 11 is 9.39. The molecule has 0 heterocycles. The Kier molecular flexibility index (Phi) is 4.54. The number of nitrogen functional groups attached to an aromatic ring is 1. The lowest BCUT2D eigenvalue weighted by molar-refractivity contribution is 0.102. The molecule has 21 heavy (non-hydrogen) atoms.